The third-order valence-corrected chi connectivity index (χ3v) is 12.6. The number of carbonyl (C=O) groups excluding carboxylic acids is 2. The van der Waals surface area contributed by atoms with Gasteiger partial charge in [-0.25, -0.2) is 4.79 Å². The minimum absolute atomic E-state index is 0.120. The van der Waals surface area contributed by atoms with Crippen LogP contribution in [0, 0.1) is 11.3 Å². The highest BCUT2D eigenvalue weighted by Gasteiger charge is 2.40. The van der Waals surface area contributed by atoms with Gasteiger partial charge in [0.05, 0.1) is 33.4 Å². The molecule has 306 valence electrons. The standard InChI is InChI=1S/C48H44Cl2N4O6/c1-53-42-23-35-24-43(46(55)52-41(48(57)58)22-29-7-12-32(13-8-29)33-14-9-30(26-51)10-15-33)54(37-5-3-2-4-6-37)27-36(35)25-44(42)60-45(47(53)56)34-16-18-38(19-17-34)59-28-31-11-20-39(49)40(50)21-31/h7-21,23,25,37,41,43,45H,2-6,22,24,27-28H2,1H3,(H,52,55)(H,57,58)/t41-,43?,45?/m0/s1. The van der Waals surface area contributed by atoms with E-state index < -0.39 is 24.2 Å². The third-order valence-electron chi connectivity index (χ3n) is 11.9. The molecule has 10 nitrogen and oxygen atoms in total. The van der Waals surface area contributed by atoms with Gasteiger partial charge in [0.25, 0.3) is 5.91 Å². The minimum Gasteiger partial charge on any atom is -0.489 e. The van der Waals surface area contributed by atoms with Crippen LogP contribution in [0.25, 0.3) is 11.1 Å². The fraction of sp³-hybridized carbons (Fsp3) is 0.292. The van der Waals surface area contributed by atoms with Crippen LogP contribution < -0.4 is 19.7 Å². The highest BCUT2D eigenvalue weighted by Crippen LogP contribution is 2.43. The van der Waals surface area contributed by atoms with Crippen molar-refractivity contribution in [1.82, 2.24) is 10.2 Å². The molecule has 12 heteroatoms. The number of amides is 2. The van der Waals surface area contributed by atoms with Crippen LogP contribution in [0.4, 0.5) is 5.69 Å². The monoisotopic (exact) mass is 842 g/mol. The van der Waals surface area contributed by atoms with Gasteiger partial charge in [0.15, 0.2) is 0 Å². The Kier molecular flexibility index (Phi) is 12.1. The van der Waals surface area contributed by atoms with Crippen LogP contribution in [-0.4, -0.2) is 53.0 Å². The summed E-state index contributed by atoms with van der Waals surface area (Å²) in [5.74, 6) is -0.442. The van der Waals surface area contributed by atoms with E-state index in [4.69, 9.17) is 37.9 Å². The zero-order valence-electron chi connectivity index (χ0n) is 33.1. The van der Waals surface area contributed by atoms with Crippen molar-refractivity contribution >= 4 is 46.7 Å². The molecule has 0 spiro atoms. The maximum Gasteiger partial charge on any atom is 0.326 e. The summed E-state index contributed by atoms with van der Waals surface area (Å²) in [5, 5.41) is 23.3. The van der Waals surface area contributed by atoms with E-state index in [1.54, 1.807) is 36.2 Å². The molecule has 3 aliphatic rings. The summed E-state index contributed by atoms with van der Waals surface area (Å²) >= 11 is 12.2. The summed E-state index contributed by atoms with van der Waals surface area (Å²) in [6, 6.07) is 32.0. The SMILES string of the molecule is CN1C(=O)C(c2ccc(OCc3ccc(Cl)c(Cl)c3)cc2)Oc2cc3c(cc21)CC(C(=O)N[C@@H](Cc1ccc(-c2ccc(C#N)cc2)cc1)C(=O)O)N(C1CCCCC1)C3. The van der Waals surface area contributed by atoms with Gasteiger partial charge in [-0.1, -0.05) is 97.1 Å². The van der Waals surface area contributed by atoms with Crippen molar-refractivity contribution in [2.45, 2.75) is 82.3 Å². The number of hydrogen-bond donors (Lipinski definition) is 2. The highest BCUT2D eigenvalue weighted by molar-refractivity contribution is 6.42. The van der Waals surface area contributed by atoms with Gasteiger partial charge in [-0.15, -0.1) is 0 Å². The first-order valence-corrected chi connectivity index (χ1v) is 21.0. The fourth-order valence-electron chi connectivity index (χ4n) is 8.51. The topological polar surface area (TPSA) is 132 Å². The number of carbonyl (C=O) groups is 3. The second kappa shape index (κ2) is 17.8. The predicted octanol–water partition coefficient (Wildman–Crippen LogP) is 9.08. The number of likely N-dealkylation sites (N-methyl/N-ethyl adjacent to an activating group) is 1. The van der Waals surface area contributed by atoms with Crippen LogP contribution in [0.3, 0.4) is 0 Å². The van der Waals surface area contributed by atoms with E-state index in [9.17, 15) is 19.5 Å². The Bertz CT molecular complexity index is 2450. The molecule has 1 aliphatic carbocycles. The summed E-state index contributed by atoms with van der Waals surface area (Å²) in [6.07, 6.45) is 4.83. The number of aliphatic carboxylic acids is 1. The number of nitrogens with one attached hydrogen (secondary N) is 1. The fourth-order valence-corrected chi connectivity index (χ4v) is 8.83. The smallest absolute Gasteiger partial charge is 0.326 e. The average molecular weight is 844 g/mol. The van der Waals surface area contributed by atoms with Gasteiger partial charge in [0.2, 0.25) is 12.0 Å². The van der Waals surface area contributed by atoms with Crippen molar-refractivity contribution in [1.29, 1.82) is 5.26 Å². The lowest BCUT2D eigenvalue weighted by Crippen LogP contribution is -2.57. The number of carboxylic acids is 1. The Morgan fingerprint density at radius 3 is 2.23 bits per heavy atom. The largest absolute Gasteiger partial charge is 0.489 e. The number of fused-ring (bicyclic) bond motifs is 2. The van der Waals surface area contributed by atoms with Crippen molar-refractivity contribution in [3.8, 4) is 28.7 Å². The van der Waals surface area contributed by atoms with Crippen LogP contribution in [0.1, 0.15) is 71.6 Å². The molecule has 0 aromatic heterocycles. The molecule has 3 atom stereocenters. The van der Waals surface area contributed by atoms with Gasteiger partial charge >= 0.3 is 5.97 Å². The first kappa shape index (κ1) is 40.9. The molecule has 60 heavy (non-hydrogen) atoms. The van der Waals surface area contributed by atoms with E-state index >= 15 is 0 Å². The van der Waals surface area contributed by atoms with Crippen LogP contribution in [0.15, 0.2) is 103 Å². The first-order chi connectivity index (χ1) is 29.0. The average Bonchev–Trinajstić information content (AvgIpc) is 3.27. The van der Waals surface area contributed by atoms with Gasteiger partial charge in [-0.3, -0.25) is 14.5 Å². The van der Waals surface area contributed by atoms with Crippen molar-refractivity contribution in [2.24, 2.45) is 0 Å². The number of hydrogen-bond acceptors (Lipinski definition) is 7. The van der Waals surface area contributed by atoms with Crippen LogP contribution >= 0.6 is 23.2 Å². The number of anilines is 1. The summed E-state index contributed by atoms with van der Waals surface area (Å²) in [7, 11) is 1.73. The second-order valence-corrected chi connectivity index (χ2v) is 16.6. The predicted molar refractivity (Wildman–Crippen MR) is 230 cm³/mol. The molecule has 2 amide bonds. The number of rotatable bonds is 11. The molecule has 8 rings (SSSR count). The molecule has 0 bridgehead atoms. The second-order valence-electron chi connectivity index (χ2n) is 15.8. The lowest BCUT2D eigenvalue weighted by atomic mass is 9.86. The lowest BCUT2D eigenvalue weighted by Gasteiger charge is -2.43. The van der Waals surface area contributed by atoms with E-state index in [1.807, 2.05) is 78.9 Å². The zero-order chi connectivity index (χ0) is 41.9. The molecule has 1 fully saturated rings. The maximum atomic E-state index is 14.3. The van der Waals surface area contributed by atoms with E-state index in [0.717, 1.165) is 65.5 Å². The molecule has 2 aliphatic heterocycles. The Balaban J connectivity index is 0.980. The van der Waals surface area contributed by atoms with E-state index in [-0.39, 0.29) is 24.3 Å². The lowest BCUT2D eigenvalue weighted by molar-refractivity contribution is -0.143. The Morgan fingerprint density at radius 2 is 1.57 bits per heavy atom. The zero-order valence-corrected chi connectivity index (χ0v) is 34.6. The van der Waals surface area contributed by atoms with Crippen LogP contribution in [0.5, 0.6) is 11.5 Å². The molecule has 0 saturated heterocycles. The number of ether oxygens (including phenoxy) is 2. The molecule has 1 saturated carbocycles. The van der Waals surface area contributed by atoms with E-state index in [0.29, 0.717) is 57.9 Å². The number of benzene rings is 5. The number of halogens is 2. The summed E-state index contributed by atoms with van der Waals surface area (Å²) in [5.41, 5.74) is 7.37. The van der Waals surface area contributed by atoms with Crippen molar-refractivity contribution < 1.29 is 29.0 Å². The summed E-state index contributed by atoms with van der Waals surface area (Å²) in [4.78, 5) is 44.5. The van der Waals surface area contributed by atoms with E-state index in [2.05, 4.69) is 16.3 Å². The minimum atomic E-state index is -1.13. The Labute approximate surface area is 359 Å². The van der Waals surface area contributed by atoms with Gasteiger partial charge in [-0.05, 0) is 101 Å². The van der Waals surface area contributed by atoms with Crippen LogP contribution in [0.2, 0.25) is 10.0 Å². The Morgan fingerprint density at radius 1 is 0.883 bits per heavy atom. The van der Waals surface area contributed by atoms with Gasteiger partial charge < -0.3 is 24.8 Å². The van der Waals surface area contributed by atoms with Gasteiger partial charge in [0.1, 0.15) is 24.1 Å². The summed E-state index contributed by atoms with van der Waals surface area (Å²) in [6.45, 7) is 0.796. The van der Waals surface area contributed by atoms with Crippen molar-refractivity contribution in [3.05, 3.63) is 147 Å². The molecule has 0 radical (unpaired) electrons. The normalized spacial score (nSPS) is 18.4. The quantitative estimate of drug-likeness (QED) is 0.135. The van der Waals surface area contributed by atoms with Crippen molar-refractivity contribution in [3.63, 3.8) is 0 Å². The molecule has 2 unspecified atom stereocenters. The molecule has 5 aromatic rings. The highest BCUT2D eigenvalue weighted by atomic mass is 35.5. The number of nitriles is 1. The Hall–Kier alpha value is -5.86. The third kappa shape index (κ3) is 8.85. The van der Waals surface area contributed by atoms with E-state index in [1.165, 1.54) is 0 Å². The first-order valence-electron chi connectivity index (χ1n) is 20.2. The molecule has 2 heterocycles. The van der Waals surface area contributed by atoms with Gasteiger partial charge in [0, 0.05) is 31.6 Å². The number of nitrogens with zero attached hydrogens (tertiary/aromatic N) is 3. The molecule has 5 aromatic carbocycles. The van der Waals surface area contributed by atoms with Gasteiger partial charge in [-0.2, -0.15) is 5.26 Å². The maximum absolute atomic E-state index is 14.3. The molecular weight excluding hydrogens is 799 g/mol. The van der Waals surface area contributed by atoms with Crippen LogP contribution in [-0.2, 0) is 40.4 Å². The molecular formula is C48H44Cl2N4O6. The number of carboxylic acid groups (broad SMARTS) is 1. The molecule has 2 N–H and O–H groups in total. The van der Waals surface area contributed by atoms with Crippen molar-refractivity contribution in [2.75, 3.05) is 11.9 Å². The summed E-state index contributed by atoms with van der Waals surface area (Å²) < 4.78 is 12.4.